The van der Waals surface area contributed by atoms with Crippen LogP contribution in [-0.2, 0) is 0 Å². The fourth-order valence-electron chi connectivity index (χ4n) is 2.72. The minimum Gasteiger partial charge on any atom is -0.312 e. The molecule has 2 aliphatic rings. The molecule has 2 nitrogen and oxygen atoms in total. The summed E-state index contributed by atoms with van der Waals surface area (Å²) < 4.78 is 0. The summed E-state index contributed by atoms with van der Waals surface area (Å²) in [6.45, 7) is 1.07. The minimum absolute atomic E-state index is 0.356. The lowest BCUT2D eigenvalue weighted by atomic mass is 9.93. The summed E-state index contributed by atoms with van der Waals surface area (Å²) in [5.74, 6) is 0. The van der Waals surface area contributed by atoms with E-state index in [4.69, 9.17) is 5.26 Å². The average molecular weight is 238 g/mol. The Balaban J connectivity index is 1.78. The lowest BCUT2D eigenvalue weighted by Gasteiger charge is -2.32. The SMILES string of the molecule is CSC1CCCCC1NCC1(CC#N)CC1. The Bertz CT molecular complexity index is 268. The van der Waals surface area contributed by atoms with E-state index in [1.807, 2.05) is 11.8 Å². The predicted octanol–water partition coefficient (Wildman–Crippen LogP) is 2.94. The average Bonchev–Trinajstić information content (AvgIpc) is 3.08. The third-order valence-corrected chi connectivity index (χ3v) is 5.33. The number of nitrogens with one attached hydrogen (secondary N) is 1. The Kier molecular flexibility index (Phi) is 4.16. The molecular weight excluding hydrogens is 216 g/mol. The molecule has 0 aliphatic heterocycles. The normalized spacial score (nSPS) is 32.0. The van der Waals surface area contributed by atoms with E-state index in [1.54, 1.807) is 0 Å². The van der Waals surface area contributed by atoms with Crippen molar-refractivity contribution in [3.05, 3.63) is 0 Å². The molecule has 2 fully saturated rings. The van der Waals surface area contributed by atoms with Crippen LogP contribution in [0.4, 0.5) is 0 Å². The zero-order valence-electron chi connectivity index (χ0n) is 10.2. The van der Waals surface area contributed by atoms with Crippen molar-refractivity contribution in [2.75, 3.05) is 12.8 Å². The molecule has 2 unspecified atom stereocenters. The molecule has 90 valence electrons. The first-order valence-corrected chi connectivity index (χ1v) is 7.72. The van der Waals surface area contributed by atoms with E-state index in [0.29, 0.717) is 11.5 Å². The number of hydrogen-bond donors (Lipinski definition) is 1. The third-order valence-electron chi connectivity index (χ3n) is 4.16. The van der Waals surface area contributed by atoms with Gasteiger partial charge in [0.15, 0.2) is 0 Å². The standard InChI is InChI=1S/C13H22N2S/c1-16-12-5-3-2-4-11(12)15-10-13(6-7-13)8-9-14/h11-12,15H,2-8,10H2,1H3. The van der Waals surface area contributed by atoms with Gasteiger partial charge in [-0.05, 0) is 37.4 Å². The van der Waals surface area contributed by atoms with Gasteiger partial charge in [-0.2, -0.15) is 17.0 Å². The molecule has 0 aromatic heterocycles. The van der Waals surface area contributed by atoms with E-state index >= 15 is 0 Å². The Hall–Kier alpha value is -0.200. The summed E-state index contributed by atoms with van der Waals surface area (Å²) in [6.07, 6.45) is 10.9. The highest BCUT2D eigenvalue weighted by atomic mass is 32.2. The third kappa shape index (κ3) is 2.93. The number of nitrogens with zero attached hydrogens (tertiary/aromatic N) is 1. The molecule has 3 heteroatoms. The van der Waals surface area contributed by atoms with Gasteiger partial charge < -0.3 is 5.32 Å². The largest absolute Gasteiger partial charge is 0.312 e. The van der Waals surface area contributed by atoms with Crippen LogP contribution in [0.15, 0.2) is 0 Å². The Morgan fingerprint density at radius 3 is 2.75 bits per heavy atom. The molecule has 0 radical (unpaired) electrons. The highest BCUT2D eigenvalue weighted by molar-refractivity contribution is 7.99. The van der Waals surface area contributed by atoms with Crippen LogP contribution in [0, 0.1) is 16.7 Å². The molecule has 2 aliphatic carbocycles. The molecule has 16 heavy (non-hydrogen) atoms. The molecule has 0 heterocycles. The Labute approximate surface area is 103 Å². The van der Waals surface area contributed by atoms with Crippen molar-refractivity contribution >= 4 is 11.8 Å². The van der Waals surface area contributed by atoms with Gasteiger partial charge in [-0.3, -0.25) is 0 Å². The molecule has 0 bridgehead atoms. The van der Waals surface area contributed by atoms with Crippen molar-refractivity contribution in [2.24, 2.45) is 5.41 Å². The van der Waals surface area contributed by atoms with E-state index in [-0.39, 0.29) is 0 Å². The van der Waals surface area contributed by atoms with Crippen molar-refractivity contribution in [2.45, 2.75) is 56.2 Å². The van der Waals surface area contributed by atoms with E-state index in [2.05, 4.69) is 17.6 Å². The smallest absolute Gasteiger partial charge is 0.0628 e. The maximum atomic E-state index is 8.80. The second-order valence-corrected chi connectivity index (χ2v) is 6.46. The number of hydrogen-bond acceptors (Lipinski definition) is 3. The summed E-state index contributed by atoms with van der Waals surface area (Å²) in [7, 11) is 0. The van der Waals surface area contributed by atoms with Crippen LogP contribution in [0.3, 0.4) is 0 Å². The van der Waals surface area contributed by atoms with Gasteiger partial charge in [-0.15, -0.1) is 0 Å². The first-order chi connectivity index (χ1) is 7.79. The van der Waals surface area contributed by atoms with Crippen LogP contribution < -0.4 is 5.32 Å². The summed E-state index contributed by atoms with van der Waals surface area (Å²) in [6, 6.07) is 3.03. The number of rotatable bonds is 5. The molecule has 2 rings (SSSR count). The van der Waals surface area contributed by atoms with Crippen molar-refractivity contribution in [3.8, 4) is 6.07 Å². The molecular formula is C13H22N2S. The van der Waals surface area contributed by atoms with Gasteiger partial charge in [-0.1, -0.05) is 12.8 Å². The molecule has 0 spiro atoms. The Morgan fingerprint density at radius 2 is 2.12 bits per heavy atom. The quantitative estimate of drug-likeness (QED) is 0.800. The molecule has 0 aromatic carbocycles. The van der Waals surface area contributed by atoms with Crippen LogP contribution in [0.5, 0.6) is 0 Å². The maximum Gasteiger partial charge on any atom is 0.0628 e. The zero-order chi connectivity index (χ0) is 11.4. The second kappa shape index (κ2) is 5.42. The molecule has 2 atom stereocenters. The second-order valence-electron chi connectivity index (χ2n) is 5.38. The van der Waals surface area contributed by atoms with Crippen molar-refractivity contribution in [1.82, 2.24) is 5.32 Å². The van der Waals surface area contributed by atoms with E-state index < -0.39 is 0 Å². The molecule has 0 aromatic rings. The molecule has 1 N–H and O–H groups in total. The molecule has 0 saturated heterocycles. The number of nitriles is 1. The highest BCUT2D eigenvalue weighted by Crippen LogP contribution is 2.48. The van der Waals surface area contributed by atoms with Crippen LogP contribution in [0.25, 0.3) is 0 Å². The maximum absolute atomic E-state index is 8.80. The van der Waals surface area contributed by atoms with Gasteiger partial charge in [0.2, 0.25) is 0 Å². The van der Waals surface area contributed by atoms with E-state index in [9.17, 15) is 0 Å². The summed E-state index contributed by atoms with van der Waals surface area (Å²) in [4.78, 5) is 0. The first-order valence-electron chi connectivity index (χ1n) is 6.43. The Morgan fingerprint density at radius 1 is 1.38 bits per heavy atom. The number of thioether (sulfide) groups is 1. The lowest BCUT2D eigenvalue weighted by Crippen LogP contribution is -2.42. The van der Waals surface area contributed by atoms with Gasteiger partial charge in [0.25, 0.3) is 0 Å². The monoisotopic (exact) mass is 238 g/mol. The fraction of sp³-hybridized carbons (Fsp3) is 0.923. The van der Waals surface area contributed by atoms with Crippen molar-refractivity contribution < 1.29 is 0 Å². The van der Waals surface area contributed by atoms with Gasteiger partial charge in [0, 0.05) is 24.3 Å². The molecule has 0 amide bonds. The summed E-state index contributed by atoms with van der Waals surface area (Å²) in [5, 5.41) is 13.3. The predicted molar refractivity (Wildman–Crippen MR) is 69.5 cm³/mol. The molecule has 2 saturated carbocycles. The van der Waals surface area contributed by atoms with Crippen LogP contribution in [-0.4, -0.2) is 24.1 Å². The van der Waals surface area contributed by atoms with Crippen molar-refractivity contribution in [1.29, 1.82) is 5.26 Å². The van der Waals surface area contributed by atoms with Crippen molar-refractivity contribution in [3.63, 3.8) is 0 Å². The van der Waals surface area contributed by atoms with Gasteiger partial charge in [0.05, 0.1) is 6.07 Å². The van der Waals surface area contributed by atoms with E-state index in [1.165, 1.54) is 38.5 Å². The van der Waals surface area contributed by atoms with Gasteiger partial charge >= 0.3 is 0 Å². The first kappa shape index (κ1) is 12.3. The highest BCUT2D eigenvalue weighted by Gasteiger charge is 2.42. The minimum atomic E-state index is 0.356. The topological polar surface area (TPSA) is 35.8 Å². The van der Waals surface area contributed by atoms with Gasteiger partial charge in [-0.25, -0.2) is 0 Å². The summed E-state index contributed by atoms with van der Waals surface area (Å²) in [5.41, 5.74) is 0.356. The lowest BCUT2D eigenvalue weighted by molar-refractivity contribution is 0.347. The summed E-state index contributed by atoms with van der Waals surface area (Å²) >= 11 is 2.01. The van der Waals surface area contributed by atoms with Crippen LogP contribution >= 0.6 is 11.8 Å². The zero-order valence-corrected chi connectivity index (χ0v) is 11.0. The van der Waals surface area contributed by atoms with E-state index in [0.717, 1.165) is 18.2 Å². The van der Waals surface area contributed by atoms with Crippen LogP contribution in [0.2, 0.25) is 0 Å². The fourth-order valence-corrected chi connectivity index (χ4v) is 3.68. The van der Waals surface area contributed by atoms with Crippen LogP contribution in [0.1, 0.15) is 44.9 Å². The van der Waals surface area contributed by atoms with Gasteiger partial charge in [0.1, 0.15) is 0 Å².